The Morgan fingerprint density at radius 1 is 1.17 bits per heavy atom. The highest BCUT2D eigenvalue weighted by molar-refractivity contribution is 5.34. The molecule has 0 radical (unpaired) electrons. The maximum absolute atomic E-state index is 5.72. The second-order valence-corrected chi connectivity index (χ2v) is 5.02. The third kappa shape index (κ3) is 3.74. The number of allylic oxidation sites excluding steroid dienone is 1. The fraction of sp³-hybridized carbons (Fsp3) is 0.625. The molecule has 2 nitrogen and oxygen atoms in total. The van der Waals surface area contributed by atoms with Crippen LogP contribution in [0, 0.1) is 20.8 Å². The number of nitrogens with one attached hydrogen (secondary N) is 1. The molecule has 0 saturated carbocycles. The molecule has 1 heterocycles. The summed E-state index contributed by atoms with van der Waals surface area (Å²) >= 11 is 0. The van der Waals surface area contributed by atoms with Crippen LogP contribution in [0.15, 0.2) is 17.1 Å². The van der Waals surface area contributed by atoms with Crippen LogP contribution in [0.1, 0.15) is 60.8 Å². The Kier molecular flexibility index (Phi) is 6.20. The lowest BCUT2D eigenvalue weighted by molar-refractivity contribution is 0.473. The van der Waals surface area contributed by atoms with Crippen molar-refractivity contribution in [3.05, 3.63) is 35.3 Å². The van der Waals surface area contributed by atoms with E-state index in [0.29, 0.717) is 6.04 Å². The van der Waals surface area contributed by atoms with E-state index in [2.05, 4.69) is 25.7 Å². The Bertz CT molecular complexity index is 379. The van der Waals surface area contributed by atoms with Crippen molar-refractivity contribution in [2.24, 2.45) is 0 Å². The third-order valence-electron chi connectivity index (χ3n) is 3.72. The van der Waals surface area contributed by atoms with Crippen LogP contribution in [0.2, 0.25) is 0 Å². The van der Waals surface area contributed by atoms with Gasteiger partial charge in [0, 0.05) is 11.6 Å². The van der Waals surface area contributed by atoms with Crippen molar-refractivity contribution in [3.8, 4) is 0 Å². The molecule has 18 heavy (non-hydrogen) atoms. The van der Waals surface area contributed by atoms with Crippen LogP contribution >= 0.6 is 0 Å². The zero-order chi connectivity index (χ0) is 13.5. The van der Waals surface area contributed by atoms with Crippen LogP contribution in [0.3, 0.4) is 0 Å². The molecule has 1 rings (SSSR count). The van der Waals surface area contributed by atoms with E-state index in [9.17, 15) is 0 Å². The van der Waals surface area contributed by atoms with Gasteiger partial charge >= 0.3 is 0 Å². The molecule has 0 saturated heterocycles. The quantitative estimate of drug-likeness (QED) is 0.538. The number of hydrogen-bond donors (Lipinski definition) is 1. The predicted octanol–water partition coefficient (Wildman–Crippen LogP) is 4.60. The van der Waals surface area contributed by atoms with Crippen LogP contribution < -0.4 is 5.32 Å². The number of unbranched alkanes of at least 4 members (excludes halogenated alkanes) is 3. The molecular weight excluding hydrogens is 222 g/mol. The molecule has 2 heteroatoms. The van der Waals surface area contributed by atoms with Gasteiger partial charge in [0.05, 0.1) is 0 Å². The highest BCUT2D eigenvalue weighted by Gasteiger charge is 2.19. The highest BCUT2D eigenvalue weighted by Crippen LogP contribution is 2.30. The molecule has 0 amide bonds. The van der Waals surface area contributed by atoms with Crippen molar-refractivity contribution >= 4 is 0 Å². The highest BCUT2D eigenvalue weighted by atomic mass is 16.3. The summed E-state index contributed by atoms with van der Waals surface area (Å²) in [6.45, 7) is 10.0. The molecule has 0 aromatic carbocycles. The van der Waals surface area contributed by atoms with E-state index in [1.54, 1.807) is 0 Å². The summed E-state index contributed by atoms with van der Waals surface area (Å²) < 4.78 is 5.72. The first-order chi connectivity index (χ1) is 8.61. The first kappa shape index (κ1) is 15.0. The van der Waals surface area contributed by atoms with Crippen molar-refractivity contribution in [1.29, 1.82) is 0 Å². The van der Waals surface area contributed by atoms with Crippen molar-refractivity contribution in [2.45, 2.75) is 58.9 Å². The SMILES string of the molecule is C=CCCCCCC(NC)c1c(C)oc(C)c1C. The Balaban J connectivity index is 2.57. The van der Waals surface area contributed by atoms with Crippen LogP contribution in [-0.2, 0) is 0 Å². The Labute approximate surface area is 111 Å². The standard InChI is InChI=1S/C16H27NO/c1-6-7-8-9-10-11-15(17-5)16-12(2)13(3)18-14(16)4/h6,15,17H,1,7-11H2,2-5H3. The van der Waals surface area contributed by atoms with Crippen LogP contribution in [0.5, 0.6) is 0 Å². The van der Waals surface area contributed by atoms with Gasteiger partial charge in [0.2, 0.25) is 0 Å². The maximum Gasteiger partial charge on any atom is 0.106 e. The van der Waals surface area contributed by atoms with E-state index < -0.39 is 0 Å². The molecule has 0 aliphatic rings. The second kappa shape index (κ2) is 7.42. The average molecular weight is 249 g/mol. The average Bonchev–Trinajstić information content (AvgIpc) is 2.59. The third-order valence-corrected chi connectivity index (χ3v) is 3.72. The largest absolute Gasteiger partial charge is 0.466 e. The van der Waals surface area contributed by atoms with E-state index in [-0.39, 0.29) is 0 Å². The van der Waals surface area contributed by atoms with Crippen LogP contribution in [-0.4, -0.2) is 7.05 Å². The van der Waals surface area contributed by atoms with E-state index in [1.165, 1.54) is 36.8 Å². The lowest BCUT2D eigenvalue weighted by Crippen LogP contribution is -2.17. The van der Waals surface area contributed by atoms with E-state index >= 15 is 0 Å². The normalized spacial score (nSPS) is 12.7. The molecule has 102 valence electrons. The summed E-state index contributed by atoms with van der Waals surface area (Å²) in [5.41, 5.74) is 2.66. The van der Waals surface area contributed by atoms with Crippen LogP contribution in [0.4, 0.5) is 0 Å². The number of hydrogen-bond acceptors (Lipinski definition) is 2. The van der Waals surface area contributed by atoms with Gasteiger partial charge in [0.25, 0.3) is 0 Å². The summed E-state index contributed by atoms with van der Waals surface area (Å²) in [5.74, 6) is 2.12. The first-order valence-corrected chi connectivity index (χ1v) is 6.96. The predicted molar refractivity (Wildman–Crippen MR) is 78.0 cm³/mol. The van der Waals surface area contributed by atoms with Crippen molar-refractivity contribution in [3.63, 3.8) is 0 Å². The zero-order valence-corrected chi connectivity index (χ0v) is 12.3. The van der Waals surface area contributed by atoms with Gasteiger partial charge in [-0.15, -0.1) is 6.58 Å². The minimum atomic E-state index is 0.422. The molecule has 0 spiro atoms. The van der Waals surface area contributed by atoms with Gasteiger partial charge in [-0.05, 0) is 52.6 Å². The van der Waals surface area contributed by atoms with Gasteiger partial charge in [0.1, 0.15) is 11.5 Å². The Morgan fingerprint density at radius 2 is 1.89 bits per heavy atom. The molecule has 1 unspecified atom stereocenters. The number of rotatable bonds is 8. The fourth-order valence-corrected chi connectivity index (χ4v) is 2.57. The van der Waals surface area contributed by atoms with E-state index in [1.807, 2.05) is 20.0 Å². The minimum Gasteiger partial charge on any atom is -0.466 e. The molecule has 1 aromatic heterocycles. The molecule has 0 aliphatic carbocycles. The van der Waals surface area contributed by atoms with Crippen LogP contribution in [0.25, 0.3) is 0 Å². The molecule has 1 N–H and O–H groups in total. The molecule has 1 atom stereocenters. The topological polar surface area (TPSA) is 25.2 Å². The monoisotopic (exact) mass is 249 g/mol. The fourth-order valence-electron chi connectivity index (χ4n) is 2.57. The van der Waals surface area contributed by atoms with Crippen molar-refractivity contribution in [1.82, 2.24) is 5.32 Å². The minimum absolute atomic E-state index is 0.422. The zero-order valence-electron chi connectivity index (χ0n) is 12.3. The molecule has 0 aliphatic heterocycles. The van der Waals surface area contributed by atoms with Crippen molar-refractivity contribution < 1.29 is 4.42 Å². The maximum atomic E-state index is 5.72. The summed E-state index contributed by atoms with van der Waals surface area (Å²) in [5, 5.41) is 3.42. The molecule has 0 fully saturated rings. The number of furan rings is 1. The second-order valence-electron chi connectivity index (χ2n) is 5.02. The Morgan fingerprint density at radius 3 is 2.39 bits per heavy atom. The summed E-state index contributed by atoms with van der Waals surface area (Å²) in [6.07, 6.45) is 8.09. The smallest absolute Gasteiger partial charge is 0.106 e. The summed E-state index contributed by atoms with van der Waals surface area (Å²) in [4.78, 5) is 0. The van der Waals surface area contributed by atoms with Gasteiger partial charge < -0.3 is 9.73 Å². The van der Waals surface area contributed by atoms with Gasteiger partial charge in [-0.2, -0.15) is 0 Å². The summed E-state index contributed by atoms with van der Waals surface area (Å²) in [7, 11) is 2.04. The number of aryl methyl sites for hydroxylation is 2. The lowest BCUT2D eigenvalue weighted by Gasteiger charge is -2.16. The molecule has 1 aromatic rings. The molecule has 0 bridgehead atoms. The first-order valence-electron chi connectivity index (χ1n) is 6.96. The Hall–Kier alpha value is -1.02. The van der Waals surface area contributed by atoms with E-state index in [4.69, 9.17) is 4.42 Å². The van der Waals surface area contributed by atoms with E-state index in [0.717, 1.165) is 17.9 Å². The van der Waals surface area contributed by atoms with Gasteiger partial charge in [0.15, 0.2) is 0 Å². The summed E-state index contributed by atoms with van der Waals surface area (Å²) in [6, 6.07) is 0.422. The van der Waals surface area contributed by atoms with Gasteiger partial charge in [-0.3, -0.25) is 0 Å². The van der Waals surface area contributed by atoms with Gasteiger partial charge in [-0.1, -0.05) is 18.9 Å². The van der Waals surface area contributed by atoms with Gasteiger partial charge in [-0.25, -0.2) is 0 Å². The molecular formula is C16H27NO. The van der Waals surface area contributed by atoms with Crippen molar-refractivity contribution in [2.75, 3.05) is 7.05 Å². The lowest BCUT2D eigenvalue weighted by atomic mass is 9.97.